The molecule has 0 N–H and O–H groups in total. The van der Waals surface area contributed by atoms with Crippen molar-refractivity contribution in [1.82, 2.24) is 9.38 Å². The van der Waals surface area contributed by atoms with Gasteiger partial charge in [0, 0.05) is 18.5 Å². The molecule has 0 amide bonds. The zero-order valence-electron chi connectivity index (χ0n) is 8.40. The van der Waals surface area contributed by atoms with Crippen molar-refractivity contribution >= 4 is 21.6 Å². The van der Waals surface area contributed by atoms with Crippen molar-refractivity contribution in [1.29, 1.82) is 0 Å². The van der Waals surface area contributed by atoms with Crippen molar-refractivity contribution in [2.75, 3.05) is 0 Å². The molecule has 0 bridgehead atoms. The summed E-state index contributed by atoms with van der Waals surface area (Å²) >= 11 is 3.51. The van der Waals surface area contributed by atoms with Gasteiger partial charge in [-0.1, -0.05) is 0 Å². The fourth-order valence-electron chi connectivity index (χ4n) is 1.57. The Morgan fingerprint density at radius 1 is 1.47 bits per heavy atom. The average Bonchev–Trinajstić information content (AvgIpc) is 2.90. The summed E-state index contributed by atoms with van der Waals surface area (Å²) in [6.07, 6.45) is 6.75. The maximum absolute atomic E-state index is 5.77. The van der Waals surface area contributed by atoms with Crippen LogP contribution < -0.4 is 4.74 Å². The molecule has 0 radical (unpaired) electrons. The first-order chi connectivity index (χ1) is 7.22. The first-order valence-corrected chi connectivity index (χ1v) is 5.83. The van der Waals surface area contributed by atoms with Gasteiger partial charge >= 0.3 is 0 Å². The largest absolute Gasteiger partial charge is 0.489 e. The van der Waals surface area contributed by atoms with Gasteiger partial charge in [0.1, 0.15) is 11.4 Å². The fourth-order valence-corrected chi connectivity index (χ4v) is 2.00. The molecular formula is C11H11BrN2O. The second kappa shape index (κ2) is 3.23. The summed E-state index contributed by atoms with van der Waals surface area (Å²) in [7, 11) is 0. The van der Waals surface area contributed by atoms with Crippen LogP contribution in [0.25, 0.3) is 5.65 Å². The SMILES string of the molecule is Cc1cn2cc(Br)c(OC3CC3)cc2n1. The Bertz CT molecular complexity index is 517. The monoisotopic (exact) mass is 266 g/mol. The third-order valence-corrected chi connectivity index (χ3v) is 3.04. The smallest absolute Gasteiger partial charge is 0.140 e. The number of pyridine rings is 1. The number of hydrogen-bond acceptors (Lipinski definition) is 2. The molecule has 2 aromatic heterocycles. The summed E-state index contributed by atoms with van der Waals surface area (Å²) in [6.45, 7) is 1.99. The number of aryl methyl sites for hydroxylation is 1. The van der Waals surface area contributed by atoms with E-state index in [1.54, 1.807) is 0 Å². The van der Waals surface area contributed by atoms with Gasteiger partial charge in [0.15, 0.2) is 0 Å². The van der Waals surface area contributed by atoms with E-state index in [1.165, 1.54) is 12.8 Å². The van der Waals surface area contributed by atoms with E-state index >= 15 is 0 Å². The summed E-state index contributed by atoms with van der Waals surface area (Å²) in [5.74, 6) is 0.899. The summed E-state index contributed by atoms with van der Waals surface area (Å²) in [4.78, 5) is 4.40. The lowest BCUT2D eigenvalue weighted by Gasteiger charge is -2.06. The Hall–Kier alpha value is -1.03. The van der Waals surface area contributed by atoms with Gasteiger partial charge in [-0.25, -0.2) is 4.98 Å². The second-order valence-corrected chi connectivity index (χ2v) is 4.80. The second-order valence-electron chi connectivity index (χ2n) is 3.95. The summed E-state index contributed by atoms with van der Waals surface area (Å²) < 4.78 is 8.76. The molecule has 3 rings (SSSR count). The van der Waals surface area contributed by atoms with E-state index in [-0.39, 0.29) is 0 Å². The van der Waals surface area contributed by atoms with Gasteiger partial charge in [0.05, 0.1) is 16.3 Å². The molecule has 1 saturated carbocycles. The molecular weight excluding hydrogens is 256 g/mol. The van der Waals surface area contributed by atoms with E-state index in [0.29, 0.717) is 6.10 Å². The van der Waals surface area contributed by atoms with Crippen LogP contribution in [0.2, 0.25) is 0 Å². The van der Waals surface area contributed by atoms with Crippen LogP contribution in [0.3, 0.4) is 0 Å². The third-order valence-electron chi connectivity index (χ3n) is 2.45. The highest BCUT2D eigenvalue weighted by Crippen LogP contribution is 2.32. The lowest BCUT2D eigenvalue weighted by Crippen LogP contribution is -1.97. The predicted molar refractivity (Wildman–Crippen MR) is 61.3 cm³/mol. The molecule has 1 fully saturated rings. The lowest BCUT2D eigenvalue weighted by molar-refractivity contribution is 0.301. The van der Waals surface area contributed by atoms with Gasteiger partial charge in [0.2, 0.25) is 0 Å². The maximum atomic E-state index is 5.77. The van der Waals surface area contributed by atoms with Crippen LogP contribution in [0.4, 0.5) is 0 Å². The molecule has 78 valence electrons. The minimum absolute atomic E-state index is 0.416. The first-order valence-electron chi connectivity index (χ1n) is 5.04. The van der Waals surface area contributed by atoms with Gasteiger partial charge in [0.25, 0.3) is 0 Å². The Balaban J connectivity index is 2.08. The van der Waals surface area contributed by atoms with Gasteiger partial charge < -0.3 is 9.14 Å². The molecule has 2 heterocycles. The van der Waals surface area contributed by atoms with Crippen molar-refractivity contribution in [2.45, 2.75) is 25.9 Å². The Morgan fingerprint density at radius 3 is 3.00 bits per heavy atom. The molecule has 1 aliphatic rings. The predicted octanol–water partition coefficient (Wildman–Crippen LogP) is 2.95. The number of imidazole rings is 1. The zero-order chi connectivity index (χ0) is 10.4. The van der Waals surface area contributed by atoms with Crippen molar-refractivity contribution in [2.24, 2.45) is 0 Å². The molecule has 0 atom stereocenters. The number of aromatic nitrogens is 2. The summed E-state index contributed by atoms with van der Waals surface area (Å²) in [5, 5.41) is 0. The van der Waals surface area contributed by atoms with Crippen LogP contribution in [0.15, 0.2) is 22.9 Å². The van der Waals surface area contributed by atoms with Gasteiger partial charge in [-0.15, -0.1) is 0 Å². The molecule has 0 saturated heterocycles. The van der Waals surface area contributed by atoms with Crippen LogP contribution in [-0.4, -0.2) is 15.5 Å². The van der Waals surface area contributed by atoms with Crippen LogP contribution >= 0.6 is 15.9 Å². The van der Waals surface area contributed by atoms with E-state index in [0.717, 1.165) is 21.6 Å². The zero-order valence-corrected chi connectivity index (χ0v) is 9.99. The van der Waals surface area contributed by atoms with E-state index in [2.05, 4.69) is 20.9 Å². The third kappa shape index (κ3) is 1.74. The number of rotatable bonds is 2. The fraction of sp³-hybridized carbons (Fsp3) is 0.364. The molecule has 3 nitrogen and oxygen atoms in total. The van der Waals surface area contributed by atoms with E-state index in [9.17, 15) is 0 Å². The Labute approximate surface area is 96.2 Å². The topological polar surface area (TPSA) is 26.5 Å². The van der Waals surface area contributed by atoms with Gasteiger partial charge in [-0.05, 0) is 35.7 Å². The lowest BCUT2D eigenvalue weighted by atomic mass is 10.4. The highest BCUT2D eigenvalue weighted by atomic mass is 79.9. The Morgan fingerprint density at radius 2 is 2.27 bits per heavy atom. The first kappa shape index (κ1) is 9.21. The number of fused-ring (bicyclic) bond motifs is 1. The number of nitrogens with zero attached hydrogens (tertiary/aromatic N) is 2. The number of ether oxygens (including phenoxy) is 1. The molecule has 4 heteroatoms. The molecule has 15 heavy (non-hydrogen) atoms. The van der Waals surface area contributed by atoms with Crippen LogP contribution in [0.5, 0.6) is 5.75 Å². The van der Waals surface area contributed by atoms with Crippen molar-refractivity contribution in [3.63, 3.8) is 0 Å². The van der Waals surface area contributed by atoms with Crippen LogP contribution in [0, 0.1) is 6.92 Å². The van der Waals surface area contributed by atoms with Crippen LogP contribution in [-0.2, 0) is 0 Å². The number of halogens is 1. The quantitative estimate of drug-likeness (QED) is 0.836. The van der Waals surface area contributed by atoms with E-state index in [4.69, 9.17) is 4.74 Å². The highest BCUT2D eigenvalue weighted by Gasteiger charge is 2.24. The minimum atomic E-state index is 0.416. The van der Waals surface area contributed by atoms with Crippen molar-refractivity contribution in [3.05, 3.63) is 28.6 Å². The standard InChI is InChI=1S/C11H11BrN2O/c1-7-5-14-6-9(12)10(4-11(14)13-7)15-8-2-3-8/h4-6,8H,2-3H2,1H3. The molecule has 0 spiro atoms. The summed E-state index contributed by atoms with van der Waals surface area (Å²) in [6, 6.07) is 1.98. The van der Waals surface area contributed by atoms with Crippen molar-refractivity contribution < 1.29 is 4.74 Å². The molecule has 1 aliphatic carbocycles. The average molecular weight is 267 g/mol. The molecule has 0 aliphatic heterocycles. The molecule has 0 unspecified atom stereocenters. The highest BCUT2D eigenvalue weighted by molar-refractivity contribution is 9.10. The van der Waals surface area contributed by atoms with E-state index < -0.39 is 0 Å². The van der Waals surface area contributed by atoms with Gasteiger partial charge in [-0.2, -0.15) is 0 Å². The minimum Gasteiger partial charge on any atom is -0.489 e. The molecule has 2 aromatic rings. The van der Waals surface area contributed by atoms with Crippen molar-refractivity contribution in [3.8, 4) is 5.75 Å². The normalized spacial score (nSPS) is 15.9. The molecule has 0 aromatic carbocycles. The summed E-state index contributed by atoms with van der Waals surface area (Å²) in [5.41, 5.74) is 1.96. The maximum Gasteiger partial charge on any atom is 0.140 e. The Kier molecular flexibility index (Phi) is 1.99. The van der Waals surface area contributed by atoms with Crippen LogP contribution in [0.1, 0.15) is 18.5 Å². The van der Waals surface area contributed by atoms with E-state index in [1.807, 2.05) is 29.8 Å². The number of hydrogen-bond donors (Lipinski definition) is 0. The van der Waals surface area contributed by atoms with Gasteiger partial charge in [-0.3, -0.25) is 0 Å².